The number of rotatable bonds is 5. The summed E-state index contributed by atoms with van der Waals surface area (Å²) in [5.74, 6) is -2.43. The van der Waals surface area contributed by atoms with E-state index >= 15 is 0 Å². The molecule has 1 N–H and O–H groups in total. The maximum Gasteiger partial charge on any atom is 0.316 e. The average Bonchev–Trinajstić information content (AvgIpc) is 2.55. The number of ether oxygens (including phenoxy) is 1. The number of hydrogen-bond acceptors (Lipinski definition) is 4. The monoisotopic (exact) mass is 401 g/mol. The molecule has 120 valence electrons. The van der Waals surface area contributed by atoms with E-state index in [1.165, 1.54) is 18.2 Å². The van der Waals surface area contributed by atoms with E-state index in [9.17, 15) is 18.1 Å². The SMILES string of the molecule is N#Cc1cccc(Oc2ccc(S(=O)C(F)F)c(CO)c2Br)c1. The molecule has 0 radical (unpaired) electrons. The minimum absolute atomic E-state index is 0.0672. The van der Waals surface area contributed by atoms with Gasteiger partial charge in [0, 0.05) is 5.56 Å². The van der Waals surface area contributed by atoms with Gasteiger partial charge in [-0.2, -0.15) is 14.0 Å². The third-order valence-electron chi connectivity index (χ3n) is 2.89. The van der Waals surface area contributed by atoms with Gasteiger partial charge in [0.05, 0.1) is 27.6 Å². The van der Waals surface area contributed by atoms with Crippen LogP contribution in [0.2, 0.25) is 0 Å². The number of halogens is 3. The Balaban J connectivity index is 2.41. The number of hydrogen-bond donors (Lipinski definition) is 1. The van der Waals surface area contributed by atoms with Crippen molar-refractivity contribution in [2.24, 2.45) is 0 Å². The van der Waals surface area contributed by atoms with Crippen molar-refractivity contribution < 1.29 is 22.8 Å². The van der Waals surface area contributed by atoms with Crippen LogP contribution in [0, 0.1) is 11.3 Å². The zero-order valence-corrected chi connectivity index (χ0v) is 13.9. The largest absolute Gasteiger partial charge is 0.456 e. The second-order valence-corrected chi connectivity index (χ2v) is 6.50. The van der Waals surface area contributed by atoms with Crippen LogP contribution in [0.4, 0.5) is 8.78 Å². The molecule has 0 amide bonds. The van der Waals surface area contributed by atoms with Crippen LogP contribution in [-0.2, 0) is 17.4 Å². The van der Waals surface area contributed by atoms with E-state index < -0.39 is 23.2 Å². The fourth-order valence-electron chi connectivity index (χ4n) is 1.85. The van der Waals surface area contributed by atoms with Crippen molar-refractivity contribution in [1.29, 1.82) is 5.26 Å². The Hall–Kier alpha value is -1.82. The highest BCUT2D eigenvalue weighted by Crippen LogP contribution is 2.36. The lowest BCUT2D eigenvalue weighted by Crippen LogP contribution is -2.07. The third kappa shape index (κ3) is 3.93. The molecule has 1 unspecified atom stereocenters. The maximum atomic E-state index is 12.6. The average molecular weight is 402 g/mol. The van der Waals surface area contributed by atoms with Crippen LogP contribution in [0.5, 0.6) is 11.5 Å². The molecule has 0 aliphatic heterocycles. The van der Waals surface area contributed by atoms with Gasteiger partial charge < -0.3 is 9.84 Å². The van der Waals surface area contributed by atoms with Crippen molar-refractivity contribution in [1.82, 2.24) is 0 Å². The summed E-state index contributed by atoms with van der Waals surface area (Å²) in [6.45, 7) is -0.580. The summed E-state index contributed by atoms with van der Waals surface area (Å²) in [7, 11) is -2.54. The molecule has 2 aromatic rings. The van der Waals surface area contributed by atoms with E-state index in [2.05, 4.69) is 15.9 Å². The van der Waals surface area contributed by atoms with Gasteiger partial charge in [-0.1, -0.05) is 6.07 Å². The summed E-state index contributed by atoms with van der Waals surface area (Å²) in [5.41, 5.74) is 0.467. The number of benzene rings is 2. The number of nitriles is 1. The van der Waals surface area contributed by atoms with Crippen molar-refractivity contribution in [3.8, 4) is 17.6 Å². The maximum absolute atomic E-state index is 12.6. The Morgan fingerprint density at radius 1 is 1.35 bits per heavy atom. The van der Waals surface area contributed by atoms with Gasteiger partial charge in [0.15, 0.2) is 0 Å². The Kier molecular flexibility index (Phi) is 5.82. The van der Waals surface area contributed by atoms with Crippen molar-refractivity contribution in [3.63, 3.8) is 0 Å². The first-order valence-electron chi connectivity index (χ1n) is 6.27. The van der Waals surface area contributed by atoms with Crippen LogP contribution in [0.25, 0.3) is 0 Å². The first-order chi connectivity index (χ1) is 11.0. The molecular weight excluding hydrogens is 392 g/mol. The zero-order valence-electron chi connectivity index (χ0n) is 11.5. The smallest absolute Gasteiger partial charge is 0.316 e. The van der Waals surface area contributed by atoms with Gasteiger partial charge in [-0.05, 0) is 46.3 Å². The molecule has 0 spiro atoms. The highest BCUT2D eigenvalue weighted by molar-refractivity contribution is 9.10. The predicted octanol–water partition coefficient (Wildman–Crippen LogP) is 3.94. The molecule has 23 heavy (non-hydrogen) atoms. The lowest BCUT2D eigenvalue weighted by atomic mass is 10.2. The van der Waals surface area contributed by atoms with Gasteiger partial charge in [0.2, 0.25) is 0 Å². The van der Waals surface area contributed by atoms with Crippen LogP contribution < -0.4 is 4.74 Å². The van der Waals surface area contributed by atoms with Crippen LogP contribution in [0.15, 0.2) is 45.8 Å². The second kappa shape index (κ2) is 7.64. The summed E-state index contributed by atoms with van der Waals surface area (Å²) >= 11 is 3.17. The molecule has 0 aromatic heterocycles. The summed E-state index contributed by atoms with van der Waals surface area (Å²) in [6, 6.07) is 10.9. The molecule has 0 saturated carbocycles. The fraction of sp³-hybridized carbons (Fsp3) is 0.133. The number of alkyl halides is 2. The summed E-state index contributed by atoms with van der Waals surface area (Å²) in [5, 5.41) is 18.3. The van der Waals surface area contributed by atoms with Gasteiger partial charge in [-0.25, -0.2) is 4.21 Å². The minimum Gasteiger partial charge on any atom is -0.456 e. The number of nitrogens with zero attached hydrogens (tertiary/aromatic N) is 1. The summed E-state index contributed by atoms with van der Waals surface area (Å²) in [6.07, 6.45) is 0. The molecule has 0 heterocycles. The van der Waals surface area contributed by atoms with Crippen molar-refractivity contribution in [2.75, 3.05) is 0 Å². The summed E-state index contributed by atoms with van der Waals surface area (Å²) in [4.78, 5) is -0.160. The van der Waals surface area contributed by atoms with E-state index in [0.717, 1.165) is 0 Å². The Labute approximate surface area is 141 Å². The predicted molar refractivity (Wildman–Crippen MR) is 83.7 cm³/mol. The molecule has 0 aliphatic carbocycles. The molecular formula is C15H10BrF2NO3S. The highest BCUT2D eigenvalue weighted by Gasteiger charge is 2.22. The van der Waals surface area contributed by atoms with Gasteiger partial charge >= 0.3 is 5.76 Å². The minimum atomic E-state index is -3.05. The lowest BCUT2D eigenvalue weighted by molar-refractivity contribution is 0.243. The second-order valence-electron chi connectivity index (χ2n) is 4.31. The quantitative estimate of drug-likeness (QED) is 0.823. The third-order valence-corrected chi connectivity index (χ3v) is 4.90. The lowest BCUT2D eigenvalue weighted by Gasteiger charge is -2.14. The number of aliphatic hydroxyl groups excluding tert-OH is 1. The first kappa shape index (κ1) is 17.5. The van der Waals surface area contributed by atoms with Crippen molar-refractivity contribution in [3.05, 3.63) is 52.0 Å². The van der Waals surface area contributed by atoms with E-state index in [4.69, 9.17) is 10.00 Å². The molecule has 0 saturated heterocycles. The Morgan fingerprint density at radius 3 is 2.70 bits per heavy atom. The van der Waals surface area contributed by atoms with Crippen LogP contribution in [0.1, 0.15) is 11.1 Å². The van der Waals surface area contributed by atoms with E-state index in [0.29, 0.717) is 11.3 Å². The van der Waals surface area contributed by atoms with Gasteiger partial charge in [0.1, 0.15) is 22.3 Å². The van der Waals surface area contributed by atoms with E-state index in [-0.39, 0.29) is 20.7 Å². The Bertz CT molecular complexity index is 793. The van der Waals surface area contributed by atoms with Crippen LogP contribution in [-0.4, -0.2) is 15.1 Å². The van der Waals surface area contributed by atoms with Gasteiger partial charge in [-0.15, -0.1) is 0 Å². The standard InChI is InChI=1S/C15H10BrF2NO3S/c16-14-11(8-20)13(23(21)15(17)18)5-4-12(14)22-10-3-1-2-9(6-10)7-19/h1-6,15,20H,8H2. The van der Waals surface area contributed by atoms with Crippen LogP contribution in [0.3, 0.4) is 0 Å². The Morgan fingerprint density at radius 2 is 2.09 bits per heavy atom. The van der Waals surface area contributed by atoms with E-state index in [1.54, 1.807) is 18.2 Å². The first-order valence-corrected chi connectivity index (χ1v) is 8.27. The molecule has 0 bridgehead atoms. The van der Waals surface area contributed by atoms with Crippen molar-refractivity contribution >= 4 is 26.7 Å². The van der Waals surface area contributed by atoms with Gasteiger partial charge in [-0.3, -0.25) is 0 Å². The molecule has 4 nitrogen and oxygen atoms in total. The zero-order chi connectivity index (χ0) is 17.0. The highest BCUT2D eigenvalue weighted by atomic mass is 79.9. The number of aliphatic hydroxyl groups is 1. The normalized spacial score (nSPS) is 12.0. The molecule has 0 fully saturated rings. The molecule has 2 aromatic carbocycles. The van der Waals surface area contributed by atoms with Crippen molar-refractivity contribution in [2.45, 2.75) is 17.3 Å². The summed E-state index contributed by atoms with van der Waals surface area (Å²) < 4.78 is 42.7. The molecule has 0 aliphatic rings. The molecule has 8 heteroatoms. The molecule has 1 atom stereocenters. The topological polar surface area (TPSA) is 70.3 Å². The van der Waals surface area contributed by atoms with Gasteiger partial charge in [0.25, 0.3) is 0 Å². The molecule has 2 rings (SSSR count). The van der Waals surface area contributed by atoms with E-state index in [1.807, 2.05) is 6.07 Å². The fourth-order valence-corrected chi connectivity index (χ4v) is 3.34. The van der Waals surface area contributed by atoms with Crippen LogP contribution >= 0.6 is 15.9 Å².